The minimum atomic E-state index is -3.19. The van der Waals surface area contributed by atoms with Gasteiger partial charge in [0.1, 0.15) is 0 Å². The second-order valence-electron chi connectivity index (χ2n) is 4.62. The number of carbonyl (C=O) groups is 1. The fraction of sp³-hybridized carbons (Fsp3) is 0.417. The molecular weight excluding hydrogens is 254 g/mol. The van der Waals surface area contributed by atoms with Crippen LogP contribution < -0.4 is 4.90 Å². The third-order valence-electron chi connectivity index (χ3n) is 3.24. The highest BCUT2D eigenvalue weighted by molar-refractivity contribution is 7.90. The Hall–Kier alpha value is -1.56. The summed E-state index contributed by atoms with van der Waals surface area (Å²) in [4.78, 5) is 12.9. The summed E-state index contributed by atoms with van der Waals surface area (Å²) in [7, 11) is -1.36. The van der Waals surface area contributed by atoms with Gasteiger partial charge in [0.2, 0.25) is 0 Å². The summed E-state index contributed by atoms with van der Waals surface area (Å²) >= 11 is 0. The molecule has 1 aromatic carbocycles. The van der Waals surface area contributed by atoms with E-state index in [9.17, 15) is 13.2 Å². The number of sulfone groups is 1. The van der Waals surface area contributed by atoms with Crippen LogP contribution in [0.2, 0.25) is 0 Å². The molecule has 0 spiro atoms. The van der Waals surface area contributed by atoms with Crippen LogP contribution in [0.1, 0.15) is 6.42 Å². The first-order valence-electron chi connectivity index (χ1n) is 5.56. The van der Waals surface area contributed by atoms with Crippen LogP contribution in [0.25, 0.3) is 0 Å². The van der Waals surface area contributed by atoms with Crippen LogP contribution in [-0.2, 0) is 14.6 Å². The molecule has 2 rings (SSSR count). The minimum Gasteiger partial charge on any atom is -0.481 e. The number of carboxylic acid groups (broad SMARTS) is 1. The molecule has 1 aromatic rings. The molecular formula is C12H15NO4S. The first-order chi connectivity index (χ1) is 8.30. The molecule has 0 saturated heterocycles. The standard InChI is InChI=1S/C12H15NO4S/c1-13(11-7-10(11)12(14)15)8-3-5-9(6-4-8)18(2,16)17/h3-6,10-11H,7H2,1-2H3,(H,14,15). The molecule has 0 aliphatic heterocycles. The summed E-state index contributed by atoms with van der Waals surface area (Å²) in [5.74, 6) is -1.09. The molecule has 1 saturated carbocycles. The molecule has 1 aliphatic carbocycles. The number of anilines is 1. The van der Waals surface area contributed by atoms with E-state index < -0.39 is 15.8 Å². The van der Waals surface area contributed by atoms with Crippen molar-refractivity contribution in [1.82, 2.24) is 0 Å². The molecule has 0 bridgehead atoms. The molecule has 6 heteroatoms. The molecule has 98 valence electrons. The first kappa shape index (κ1) is 12.9. The summed E-state index contributed by atoms with van der Waals surface area (Å²) in [6.07, 6.45) is 1.80. The van der Waals surface area contributed by atoms with Crippen LogP contribution >= 0.6 is 0 Å². The quantitative estimate of drug-likeness (QED) is 0.882. The van der Waals surface area contributed by atoms with Crippen LogP contribution in [0.5, 0.6) is 0 Å². The second-order valence-corrected chi connectivity index (χ2v) is 6.64. The Morgan fingerprint density at radius 3 is 2.28 bits per heavy atom. The largest absolute Gasteiger partial charge is 0.481 e. The summed E-state index contributed by atoms with van der Waals surface area (Å²) < 4.78 is 22.6. The van der Waals surface area contributed by atoms with E-state index in [0.29, 0.717) is 6.42 Å². The van der Waals surface area contributed by atoms with Crippen molar-refractivity contribution in [2.75, 3.05) is 18.2 Å². The van der Waals surface area contributed by atoms with Crippen molar-refractivity contribution in [1.29, 1.82) is 0 Å². The highest BCUT2D eigenvalue weighted by Crippen LogP contribution is 2.37. The molecule has 0 heterocycles. The molecule has 2 atom stereocenters. The lowest BCUT2D eigenvalue weighted by atomic mass is 10.3. The number of rotatable bonds is 4. The fourth-order valence-electron chi connectivity index (χ4n) is 1.99. The van der Waals surface area contributed by atoms with Crippen LogP contribution in [0.4, 0.5) is 5.69 Å². The Morgan fingerprint density at radius 1 is 1.33 bits per heavy atom. The van der Waals surface area contributed by atoms with Crippen molar-refractivity contribution in [2.45, 2.75) is 17.4 Å². The highest BCUT2D eigenvalue weighted by Gasteiger charge is 2.46. The summed E-state index contributed by atoms with van der Waals surface area (Å²) in [5.41, 5.74) is 0.830. The number of nitrogens with zero attached hydrogens (tertiary/aromatic N) is 1. The first-order valence-corrected chi connectivity index (χ1v) is 7.45. The van der Waals surface area contributed by atoms with E-state index in [1.165, 1.54) is 0 Å². The van der Waals surface area contributed by atoms with Crippen molar-refractivity contribution in [3.8, 4) is 0 Å². The van der Waals surface area contributed by atoms with Gasteiger partial charge in [0, 0.05) is 25.0 Å². The summed E-state index contributed by atoms with van der Waals surface area (Å²) in [6, 6.07) is 6.49. The minimum absolute atomic E-state index is 0.00610. The maximum Gasteiger partial charge on any atom is 0.308 e. The van der Waals surface area contributed by atoms with Crippen molar-refractivity contribution >= 4 is 21.5 Å². The summed E-state index contributed by atoms with van der Waals surface area (Å²) in [5, 5.41) is 8.86. The van der Waals surface area contributed by atoms with Gasteiger partial charge < -0.3 is 10.0 Å². The van der Waals surface area contributed by atoms with Gasteiger partial charge in [0.25, 0.3) is 0 Å². The molecule has 2 unspecified atom stereocenters. The lowest BCUT2D eigenvalue weighted by Gasteiger charge is -2.19. The second kappa shape index (κ2) is 4.28. The Bertz CT molecular complexity index is 564. The van der Waals surface area contributed by atoms with E-state index in [-0.39, 0.29) is 16.9 Å². The van der Waals surface area contributed by atoms with Gasteiger partial charge in [-0.1, -0.05) is 0 Å². The van der Waals surface area contributed by atoms with Crippen molar-refractivity contribution < 1.29 is 18.3 Å². The van der Waals surface area contributed by atoms with E-state index in [1.807, 2.05) is 11.9 Å². The molecule has 18 heavy (non-hydrogen) atoms. The molecule has 1 fully saturated rings. The average molecular weight is 269 g/mol. The highest BCUT2D eigenvalue weighted by atomic mass is 32.2. The van der Waals surface area contributed by atoms with Crippen molar-refractivity contribution in [3.05, 3.63) is 24.3 Å². The topological polar surface area (TPSA) is 74.7 Å². The third kappa shape index (κ3) is 2.48. The van der Waals surface area contributed by atoms with Crippen LogP contribution in [0.3, 0.4) is 0 Å². The van der Waals surface area contributed by atoms with Gasteiger partial charge in [0.05, 0.1) is 10.8 Å². The number of aliphatic carboxylic acids is 1. The predicted octanol–water partition coefficient (Wildman–Crippen LogP) is 0.999. The molecule has 0 radical (unpaired) electrons. The Kier molecular flexibility index (Phi) is 3.06. The zero-order valence-corrected chi connectivity index (χ0v) is 11.0. The molecule has 5 nitrogen and oxygen atoms in total. The fourth-order valence-corrected chi connectivity index (χ4v) is 2.63. The SMILES string of the molecule is CN(c1ccc(S(C)(=O)=O)cc1)C1CC1C(=O)O. The lowest BCUT2D eigenvalue weighted by Crippen LogP contribution is -2.23. The van der Waals surface area contributed by atoms with Crippen LogP contribution in [-0.4, -0.2) is 38.8 Å². The van der Waals surface area contributed by atoms with E-state index in [0.717, 1.165) is 11.9 Å². The number of hydrogen-bond donors (Lipinski definition) is 1. The van der Waals surface area contributed by atoms with Gasteiger partial charge in [-0.05, 0) is 30.7 Å². The Labute approximate surface area is 106 Å². The molecule has 0 aromatic heterocycles. The van der Waals surface area contributed by atoms with E-state index in [4.69, 9.17) is 5.11 Å². The van der Waals surface area contributed by atoms with Gasteiger partial charge >= 0.3 is 5.97 Å². The van der Waals surface area contributed by atoms with E-state index >= 15 is 0 Å². The Morgan fingerprint density at radius 2 is 1.89 bits per heavy atom. The Balaban J connectivity index is 2.14. The van der Waals surface area contributed by atoms with Gasteiger partial charge in [-0.2, -0.15) is 0 Å². The number of carboxylic acids is 1. The predicted molar refractivity (Wildman–Crippen MR) is 67.5 cm³/mol. The zero-order valence-electron chi connectivity index (χ0n) is 10.2. The average Bonchev–Trinajstić information content (AvgIpc) is 3.07. The van der Waals surface area contributed by atoms with Gasteiger partial charge in [-0.15, -0.1) is 0 Å². The molecule has 0 amide bonds. The van der Waals surface area contributed by atoms with Crippen LogP contribution in [0, 0.1) is 5.92 Å². The monoisotopic (exact) mass is 269 g/mol. The maximum absolute atomic E-state index is 11.3. The van der Waals surface area contributed by atoms with Crippen molar-refractivity contribution in [2.24, 2.45) is 5.92 Å². The molecule has 1 N–H and O–H groups in total. The smallest absolute Gasteiger partial charge is 0.308 e. The zero-order chi connectivity index (χ0) is 13.5. The maximum atomic E-state index is 11.3. The third-order valence-corrected chi connectivity index (χ3v) is 4.37. The summed E-state index contributed by atoms with van der Waals surface area (Å²) in [6.45, 7) is 0. The van der Waals surface area contributed by atoms with Crippen LogP contribution in [0.15, 0.2) is 29.2 Å². The van der Waals surface area contributed by atoms with Gasteiger partial charge in [0.15, 0.2) is 9.84 Å². The van der Waals surface area contributed by atoms with Crippen molar-refractivity contribution in [3.63, 3.8) is 0 Å². The lowest BCUT2D eigenvalue weighted by molar-refractivity contribution is -0.138. The van der Waals surface area contributed by atoms with E-state index in [1.54, 1.807) is 24.3 Å². The van der Waals surface area contributed by atoms with Gasteiger partial charge in [-0.25, -0.2) is 8.42 Å². The van der Waals surface area contributed by atoms with E-state index in [2.05, 4.69) is 0 Å². The number of hydrogen-bond acceptors (Lipinski definition) is 4. The van der Waals surface area contributed by atoms with Gasteiger partial charge in [-0.3, -0.25) is 4.79 Å². The molecule has 1 aliphatic rings. The normalized spacial score (nSPS) is 22.6. The number of benzene rings is 1.